The molecule has 1 atom stereocenters. The van der Waals surface area contributed by atoms with E-state index in [-0.39, 0.29) is 6.61 Å². The first-order valence-electron chi connectivity index (χ1n) is 5.94. The molecule has 0 radical (unpaired) electrons. The SMILES string of the molecule is O=C(C1CC1)N1CCCC(NCCO)C1. The third-order valence-electron chi connectivity index (χ3n) is 3.20. The molecule has 0 aromatic heterocycles. The fourth-order valence-corrected chi connectivity index (χ4v) is 2.20. The number of carbonyl (C=O) groups excluding carboxylic acids is 1. The van der Waals surface area contributed by atoms with E-state index in [0.29, 0.717) is 24.4 Å². The van der Waals surface area contributed by atoms with Crippen molar-refractivity contribution in [1.29, 1.82) is 0 Å². The van der Waals surface area contributed by atoms with E-state index < -0.39 is 0 Å². The third-order valence-corrected chi connectivity index (χ3v) is 3.20. The van der Waals surface area contributed by atoms with Crippen LogP contribution in [0, 0.1) is 5.92 Å². The Morgan fingerprint density at radius 1 is 1.40 bits per heavy atom. The standard InChI is InChI=1S/C11H20N2O2/c14-7-5-12-10-2-1-6-13(8-10)11(15)9-3-4-9/h9-10,12,14H,1-8H2. The Balaban J connectivity index is 1.78. The zero-order valence-corrected chi connectivity index (χ0v) is 9.11. The minimum atomic E-state index is 0.174. The van der Waals surface area contributed by atoms with Gasteiger partial charge in [0.2, 0.25) is 5.91 Å². The summed E-state index contributed by atoms with van der Waals surface area (Å²) in [5, 5.41) is 12.0. The molecule has 86 valence electrons. The molecule has 1 saturated carbocycles. The predicted molar refractivity (Wildman–Crippen MR) is 57.4 cm³/mol. The van der Waals surface area contributed by atoms with Gasteiger partial charge >= 0.3 is 0 Å². The highest BCUT2D eigenvalue weighted by atomic mass is 16.3. The van der Waals surface area contributed by atoms with Crippen LogP contribution in [0.2, 0.25) is 0 Å². The molecule has 1 heterocycles. The Kier molecular flexibility index (Phi) is 3.59. The van der Waals surface area contributed by atoms with Gasteiger partial charge in [-0.2, -0.15) is 0 Å². The molecule has 2 N–H and O–H groups in total. The summed E-state index contributed by atoms with van der Waals surface area (Å²) in [6, 6.07) is 0.383. The Labute approximate surface area is 90.6 Å². The van der Waals surface area contributed by atoms with Crippen LogP contribution in [0.5, 0.6) is 0 Å². The van der Waals surface area contributed by atoms with Crippen LogP contribution in [0.1, 0.15) is 25.7 Å². The third kappa shape index (κ3) is 2.92. The molecule has 1 amide bonds. The molecule has 2 rings (SSSR count). The average molecular weight is 212 g/mol. The number of likely N-dealkylation sites (tertiary alicyclic amines) is 1. The lowest BCUT2D eigenvalue weighted by atomic mass is 10.1. The van der Waals surface area contributed by atoms with Crippen molar-refractivity contribution in [2.24, 2.45) is 5.92 Å². The van der Waals surface area contributed by atoms with Gasteiger partial charge in [0, 0.05) is 31.6 Å². The van der Waals surface area contributed by atoms with E-state index in [1.807, 2.05) is 4.90 Å². The second-order valence-corrected chi connectivity index (χ2v) is 4.58. The monoisotopic (exact) mass is 212 g/mol. The van der Waals surface area contributed by atoms with Gasteiger partial charge in [-0.05, 0) is 25.7 Å². The number of aliphatic hydroxyl groups is 1. The molecule has 1 aliphatic carbocycles. The van der Waals surface area contributed by atoms with Gasteiger partial charge in [0.05, 0.1) is 6.61 Å². The first-order chi connectivity index (χ1) is 7.31. The van der Waals surface area contributed by atoms with Crippen molar-refractivity contribution in [3.63, 3.8) is 0 Å². The molecule has 0 aromatic rings. The molecule has 0 bridgehead atoms. The first-order valence-corrected chi connectivity index (χ1v) is 5.94. The molecule has 1 saturated heterocycles. The molecule has 0 aromatic carbocycles. The van der Waals surface area contributed by atoms with Gasteiger partial charge in [0.1, 0.15) is 0 Å². The maximum Gasteiger partial charge on any atom is 0.225 e. The lowest BCUT2D eigenvalue weighted by molar-refractivity contribution is -0.133. The van der Waals surface area contributed by atoms with Gasteiger partial charge in [-0.15, -0.1) is 0 Å². The summed E-state index contributed by atoms with van der Waals surface area (Å²) in [6.07, 6.45) is 4.38. The minimum absolute atomic E-state index is 0.174. The van der Waals surface area contributed by atoms with E-state index in [4.69, 9.17) is 5.11 Å². The average Bonchev–Trinajstić information content (AvgIpc) is 3.09. The Morgan fingerprint density at radius 2 is 2.20 bits per heavy atom. The van der Waals surface area contributed by atoms with E-state index >= 15 is 0 Å². The highest BCUT2D eigenvalue weighted by Gasteiger charge is 2.35. The van der Waals surface area contributed by atoms with Gasteiger partial charge in [0.25, 0.3) is 0 Å². The Morgan fingerprint density at radius 3 is 2.87 bits per heavy atom. The number of rotatable bonds is 4. The quantitative estimate of drug-likeness (QED) is 0.688. The number of piperidine rings is 1. The topological polar surface area (TPSA) is 52.6 Å². The van der Waals surface area contributed by atoms with Gasteiger partial charge in [-0.3, -0.25) is 4.79 Å². The lowest BCUT2D eigenvalue weighted by Crippen LogP contribution is -2.49. The van der Waals surface area contributed by atoms with Gasteiger partial charge in [-0.25, -0.2) is 0 Å². The van der Waals surface area contributed by atoms with E-state index in [0.717, 1.165) is 38.8 Å². The largest absolute Gasteiger partial charge is 0.395 e. The van der Waals surface area contributed by atoms with Crippen LogP contribution >= 0.6 is 0 Å². The molecular weight excluding hydrogens is 192 g/mol. The number of hydrogen-bond donors (Lipinski definition) is 2. The van der Waals surface area contributed by atoms with Crippen molar-refractivity contribution in [2.45, 2.75) is 31.7 Å². The van der Waals surface area contributed by atoms with E-state index in [1.54, 1.807) is 0 Å². The molecule has 1 aliphatic heterocycles. The Bertz CT molecular complexity index is 229. The summed E-state index contributed by atoms with van der Waals surface area (Å²) in [7, 11) is 0. The number of nitrogens with one attached hydrogen (secondary N) is 1. The molecule has 15 heavy (non-hydrogen) atoms. The van der Waals surface area contributed by atoms with Crippen LogP contribution in [0.25, 0.3) is 0 Å². The zero-order chi connectivity index (χ0) is 10.7. The van der Waals surface area contributed by atoms with E-state index in [1.165, 1.54) is 0 Å². The van der Waals surface area contributed by atoms with E-state index in [2.05, 4.69) is 5.32 Å². The van der Waals surface area contributed by atoms with Gasteiger partial charge in [0.15, 0.2) is 0 Å². The van der Waals surface area contributed by atoms with Crippen molar-refractivity contribution in [2.75, 3.05) is 26.2 Å². The van der Waals surface area contributed by atoms with Crippen molar-refractivity contribution >= 4 is 5.91 Å². The van der Waals surface area contributed by atoms with Crippen LogP contribution in [0.15, 0.2) is 0 Å². The Hall–Kier alpha value is -0.610. The molecule has 2 aliphatic rings. The second kappa shape index (κ2) is 4.94. The van der Waals surface area contributed by atoms with Crippen molar-refractivity contribution in [3.8, 4) is 0 Å². The fraction of sp³-hybridized carbons (Fsp3) is 0.909. The van der Waals surface area contributed by atoms with E-state index in [9.17, 15) is 4.79 Å². The maximum absolute atomic E-state index is 11.8. The van der Waals surface area contributed by atoms with Crippen LogP contribution in [0.4, 0.5) is 0 Å². The number of aliphatic hydroxyl groups excluding tert-OH is 1. The fourth-order valence-electron chi connectivity index (χ4n) is 2.20. The van der Waals surface area contributed by atoms with Crippen molar-refractivity contribution in [1.82, 2.24) is 10.2 Å². The molecule has 0 spiro atoms. The summed E-state index contributed by atoms with van der Waals surface area (Å²) < 4.78 is 0. The second-order valence-electron chi connectivity index (χ2n) is 4.58. The summed E-state index contributed by atoms with van der Waals surface area (Å²) in [5.41, 5.74) is 0. The first kappa shape index (κ1) is 10.9. The van der Waals surface area contributed by atoms with Crippen LogP contribution in [-0.2, 0) is 4.79 Å². The lowest BCUT2D eigenvalue weighted by Gasteiger charge is -2.33. The smallest absolute Gasteiger partial charge is 0.225 e. The number of nitrogens with zero attached hydrogens (tertiary/aromatic N) is 1. The maximum atomic E-state index is 11.8. The minimum Gasteiger partial charge on any atom is -0.395 e. The van der Waals surface area contributed by atoms with Crippen LogP contribution in [-0.4, -0.2) is 48.2 Å². The van der Waals surface area contributed by atoms with Gasteiger partial charge in [-0.1, -0.05) is 0 Å². The molecular formula is C11H20N2O2. The summed E-state index contributed by atoms with van der Waals surface area (Å²) in [4.78, 5) is 13.8. The highest BCUT2D eigenvalue weighted by Crippen LogP contribution is 2.31. The van der Waals surface area contributed by atoms with Crippen molar-refractivity contribution in [3.05, 3.63) is 0 Å². The highest BCUT2D eigenvalue weighted by molar-refractivity contribution is 5.81. The summed E-state index contributed by atoms with van der Waals surface area (Å²) >= 11 is 0. The molecule has 4 nitrogen and oxygen atoms in total. The summed E-state index contributed by atoms with van der Waals surface area (Å²) in [5.74, 6) is 0.687. The van der Waals surface area contributed by atoms with Crippen LogP contribution < -0.4 is 5.32 Å². The molecule has 1 unspecified atom stereocenters. The number of amides is 1. The predicted octanol–water partition coefficient (Wildman–Crippen LogP) is -0.0307. The normalized spacial score (nSPS) is 26.7. The number of carbonyl (C=O) groups is 1. The number of hydrogen-bond acceptors (Lipinski definition) is 3. The molecule has 2 fully saturated rings. The van der Waals surface area contributed by atoms with Crippen molar-refractivity contribution < 1.29 is 9.90 Å². The summed E-state index contributed by atoms with van der Waals surface area (Å²) in [6.45, 7) is 2.56. The van der Waals surface area contributed by atoms with Crippen LogP contribution in [0.3, 0.4) is 0 Å². The zero-order valence-electron chi connectivity index (χ0n) is 9.11. The molecule has 4 heteroatoms. The van der Waals surface area contributed by atoms with Gasteiger partial charge < -0.3 is 15.3 Å².